The summed E-state index contributed by atoms with van der Waals surface area (Å²) < 4.78 is 16.5. The number of nitrogens with two attached hydrogens (primary N) is 1. The first-order valence-corrected chi connectivity index (χ1v) is 13.0. The van der Waals surface area contributed by atoms with Gasteiger partial charge in [0.2, 0.25) is 5.96 Å². The van der Waals surface area contributed by atoms with Crippen LogP contribution in [0.15, 0.2) is 99.9 Å². The van der Waals surface area contributed by atoms with Crippen molar-refractivity contribution in [2.24, 2.45) is 15.2 Å². The largest absolute Gasteiger partial charge is 0.295 e. The number of rotatable bonds is 6. The van der Waals surface area contributed by atoms with Crippen LogP contribution in [0.5, 0.6) is 0 Å². The smallest absolute Gasteiger partial charge is 0.225 e. The van der Waals surface area contributed by atoms with Gasteiger partial charge in [0.05, 0.1) is 18.3 Å². The van der Waals surface area contributed by atoms with E-state index < -0.39 is 0 Å². The van der Waals surface area contributed by atoms with Crippen molar-refractivity contribution in [1.82, 2.24) is 9.73 Å². The maximum absolute atomic E-state index is 13.2. The Morgan fingerprint density at radius 3 is 2.29 bits per heavy atom. The van der Waals surface area contributed by atoms with Gasteiger partial charge in [-0.25, -0.2) is 14.4 Å². The van der Waals surface area contributed by atoms with Crippen LogP contribution in [0, 0.1) is 5.82 Å². The molecule has 1 aliphatic rings. The molecule has 5 nitrogen and oxygen atoms in total. The molecule has 1 heterocycles. The molecule has 178 valence electrons. The fraction of sp³-hybridized carbons (Fsp3) is 0.200. The van der Waals surface area contributed by atoms with Gasteiger partial charge < -0.3 is 0 Å². The van der Waals surface area contributed by atoms with Gasteiger partial charge in [0.15, 0.2) is 0 Å². The van der Waals surface area contributed by atoms with E-state index in [1.165, 1.54) is 36.0 Å². The maximum Gasteiger partial charge on any atom is 0.225 e. The van der Waals surface area contributed by atoms with Crippen LogP contribution in [0.3, 0.4) is 0 Å². The third-order valence-electron chi connectivity index (χ3n) is 4.64. The van der Waals surface area contributed by atoms with Gasteiger partial charge in [0.25, 0.3) is 0 Å². The standard InChI is InChI=1S/C19H21ClFN5S2.C6H6/c1-13(12-27-22)23-19(25-28-17-8-4-15(20)5-9-17)26-11-10-18(24-26)14-2-6-16(21)7-3-14;1-2-4-6-5-3-1/h2-9,13H,10-12,22H2,1H3,(H,23,25);1-6H. The number of halogens is 2. The van der Waals surface area contributed by atoms with Crippen LogP contribution >= 0.6 is 35.5 Å². The molecule has 3 aromatic carbocycles. The van der Waals surface area contributed by atoms with E-state index in [2.05, 4.69) is 9.82 Å². The highest BCUT2D eigenvalue weighted by molar-refractivity contribution is 7.98. The van der Waals surface area contributed by atoms with Crippen molar-refractivity contribution in [2.45, 2.75) is 24.3 Å². The van der Waals surface area contributed by atoms with Gasteiger partial charge in [-0.3, -0.25) is 9.86 Å². The van der Waals surface area contributed by atoms with Crippen LogP contribution in [-0.2, 0) is 0 Å². The second kappa shape index (κ2) is 14.0. The molecule has 0 aliphatic carbocycles. The number of hydrogen-bond acceptors (Lipinski definition) is 5. The van der Waals surface area contributed by atoms with Gasteiger partial charge in [-0.15, -0.1) is 0 Å². The Morgan fingerprint density at radius 2 is 1.71 bits per heavy atom. The molecule has 0 spiro atoms. The molecule has 9 heteroatoms. The van der Waals surface area contributed by atoms with Crippen LogP contribution in [0.4, 0.5) is 4.39 Å². The van der Waals surface area contributed by atoms with Gasteiger partial charge in [-0.1, -0.05) is 72.1 Å². The highest BCUT2D eigenvalue weighted by Crippen LogP contribution is 2.20. The van der Waals surface area contributed by atoms with Crippen molar-refractivity contribution in [3.63, 3.8) is 0 Å². The monoisotopic (exact) mass is 515 g/mol. The lowest BCUT2D eigenvalue weighted by Crippen LogP contribution is -2.34. The molecular formula is C25H27ClFN5S2. The number of hydrazone groups is 1. The number of aliphatic imine (C=N–C) groups is 1. The molecule has 1 unspecified atom stereocenters. The Morgan fingerprint density at radius 1 is 1.09 bits per heavy atom. The molecule has 0 saturated heterocycles. The minimum atomic E-state index is -0.254. The third kappa shape index (κ3) is 8.68. The number of benzene rings is 3. The second-order valence-corrected chi connectivity index (χ2v) is 9.36. The van der Waals surface area contributed by atoms with E-state index in [1.807, 2.05) is 72.6 Å². The first kappa shape index (κ1) is 26.1. The maximum atomic E-state index is 13.2. The van der Waals surface area contributed by atoms with E-state index in [-0.39, 0.29) is 11.9 Å². The summed E-state index contributed by atoms with van der Waals surface area (Å²) in [5, 5.41) is 12.8. The third-order valence-corrected chi connectivity index (χ3v) is 6.36. The van der Waals surface area contributed by atoms with Crippen molar-refractivity contribution in [2.75, 3.05) is 12.3 Å². The zero-order chi connectivity index (χ0) is 24.2. The van der Waals surface area contributed by atoms with E-state index in [0.717, 1.165) is 22.6 Å². The number of nitrogens with one attached hydrogen (secondary N) is 1. The summed E-state index contributed by atoms with van der Waals surface area (Å²) in [5.41, 5.74) is 1.83. The fourth-order valence-electron chi connectivity index (χ4n) is 2.98. The average molecular weight is 516 g/mol. The predicted octanol–water partition coefficient (Wildman–Crippen LogP) is 6.22. The van der Waals surface area contributed by atoms with Crippen LogP contribution in [0.25, 0.3) is 0 Å². The average Bonchev–Trinajstić information content (AvgIpc) is 3.35. The lowest BCUT2D eigenvalue weighted by Gasteiger charge is -2.19. The Hall–Kier alpha value is -2.52. The summed E-state index contributed by atoms with van der Waals surface area (Å²) in [6, 6.07) is 26.0. The first-order chi connectivity index (χ1) is 16.5. The molecule has 34 heavy (non-hydrogen) atoms. The Labute approximate surface area is 213 Å². The lowest BCUT2D eigenvalue weighted by atomic mass is 10.1. The van der Waals surface area contributed by atoms with E-state index >= 15 is 0 Å². The molecule has 0 bridgehead atoms. The quantitative estimate of drug-likeness (QED) is 0.231. The summed E-state index contributed by atoms with van der Waals surface area (Å²) >= 11 is 8.66. The van der Waals surface area contributed by atoms with E-state index in [1.54, 1.807) is 12.1 Å². The molecule has 1 aliphatic heterocycles. The van der Waals surface area contributed by atoms with Crippen molar-refractivity contribution >= 4 is 47.2 Å². The van der Waals surface area contributed by atoms with Gasteiger partial charge >= 0.3 is 0 Å². The molecular weight excluding hydrogens is 489 g/mol. The molecule has 3 aromatic rings. The molecule has 1 atom stereocenters. The van der Waals surface area contributed by atoms with Crippen molar-refractivity contribution in [3.05, 3.63) is 101 Å². The molecule has 0 saturated carbocycles. The number of guanidine groups is 1. The van der Waals surface area contributed by atoms with E-state index in [4.69, 9.17) is 21.7 Å². The molecule has 0 radical (unpaired) electrons. The van der Waals surface area contributed by atoms with E-state index in [9.17, 15) is 4.39 Å². The summed E-state index contributed by atoms with van der Waals surface area (Å²) in [6.07, 6.45) is 0.762. The van der Waals surface area contributed by atoms with Crippen LogP contribution in [0.1, 0.15) is 18.9 Å². The van der Waals surface area contributed by atoms with Gasteiger partial charge in [0, 0.05) is 22.1 Å². The Balaban J connectivity index is 0.000000469. The Kier molecular flexibility index (Phi) is 10.8. The Bertz CT molecular complexity index is 1040. The topological polar surface area (TPSA) is 66.0 Å². The molecule has 0 aromatic heterocycles. The highest BCUT2D eigenvalue weighted by atomic mass is 35.5. The van der Waals surface area contributed by atoms with Crippen LogP contribution < -0.4 is 9.86 Å². The zero-order valence-electron chi connectivity index (χ0n) is 18.8. The second-order valence-electron chi connectivity index (χ2n) is 7.37. The predicted molar refractivity (Wildman–Crippen MR) is 145 cm³/mol. The van der Waals surface area contributed by atoms with Gasteiger partial charge in [-0.2, -0.15) is 5.10 Å². The summed E-state index contributed by atoms with van der Waals surface area (Å²) in [5.74, 6) is 1.12. The van der Waals surface area contributed by atoms with Crippen LogP contribution in [-0.4, -0.2) is 35.0 Å². The van der Waals surface area contributed by atoms with Crippen LogP contribution in [0.2, 0.25) is 5.02 Å². The molecule has 4 rings (SSSR count). The molecule has 0 amide bonds. The lowest BCUT2D eigenvalue weighted by molar-refractivity contribution is 0.476. The van der Waals surface area contributed by atoms with Crippen molar-refractivity contribution in [3.8, 4) is 0 Å². The molecule has 3 N–H and O–H groups in total. The summed E-state index contributed by atoms with van der Waals surface area (Å²) in [7, 11) is 0. The summed E-state index contributed by atoms with van der Waals surface area (Å²) in [6.45, 7) is 2.71. The zero-order valence-corrected chi connectivity index (χ0v) is 21.2. The minimum absolute atomic E-state index is 0.0355. The molecule has 0 fully saturated rings. The normalized spacial score (nSPS) is 14.2. The summed E-state index contributed by atoms with van der Waals surface area (Å²) in [4.78, 5) is 5.75. The highest BCUT2D eigenvalue weighted by Gasteiger charge is 2.21. The fourth-order valence-corrected chi connectivity index (χ4v) is 4.10. The van der Waals surface area contributed by atoms with Crippen molar-refractivity contribution in [1.29, 1.82) is 0 Å². The number of hydrogen-bond donors (Lipinski definition) is 2. The minimum Gasteiger partial charge on any atom is -0.295 e. The number of nitrogens with zero attached hydrogens (tertiary/aromatic N) is 3. The van der Waals surface area contributed by atoms with Crippen molar-refractivity contribution < 1.29 is 4.39 Å². The first-order valence-electron chi connectivity index (χ1n) is 10.7. The van der Waals surface area contributed by atoms with Gasteiger partial charge in [-0.05, 0) is 60.8 Å². The van der Waals surface area contributed by atoms with E-state index in [0.29, 0.717) is 23.3 Å². The SMILES string of the molecule is CC(CSN)N=C(NSc1ccc(Cl)cc1)N1CCC(c2ccc(F)cc2)=N1.c1ccccc1. The van der Waals surface area contributed by atoms with Gasteiger partial charge in [0.1, 0.15) is 5.82 Å².